The van der Waals surface area contributed by atoms with Crippen LogP contribution in [0.15, 0.2) is 18.2 Å². The standard InChI is InChI=1S/C11H12O4/c1-7(12)10-3-2-8(4-11(10)13)14-5-9-6-15-9/h2-4,9,13H,5-6H2,1H3/t9-/m1/s1. The van der Waals surface area contributed by atoms with Crippen molar-refractivity contribution in [2.75, 3.05) is 13.2 Å². The molecule has 1 fully saturated rings. The van der Waals surface area contributed by atoms with Crippen molar-refractivity contribution >= 4 is 5.78 Å². The number of epoxide rings is 1. The van der Waals surface area contributed by atoms with Gasteiger partial charge in [0.05, 0.1) is 12.2 Å². The van der Waals surface area contributed by atoms with E-state index in [4.69, 9.17) is 9.47 Å². The third kappa shape index (κ3) is 2.47. The summed E-state index contributed by atoms with van der Waals surface area (Å²) in [6.07, 6.45) is 0.180. The number of benzene rings is 1. The van der Waals surface area contributed by atoms with Gasteiger partial charge in [-0.05, 0) is 19.1 Å². The molecule has 80 valence electrons. The first-order chi connectivity index (χ1) is 7.16. The van der Waals surface area contributed by atoms with Crippen molar-refractivity contribution in [1.29, 1.82) is 0 Å². The van der Waals surface area contributed by atoms with Crippen LogP contribution in [0.25, 0.3) is 0 Å². The van der Waals surface area contributed by atoms with E-state index >= 15 is 0 Å². The van der Waals surface area contributed by atoms with Crippen LogP contribution in [0.1, 0.15) is 17.3 Å². The smallest absolute Gasteiger partial charge is 0.163 e. The number of carbonyl (C=O) groups is 1. The van der Waals surface area contributed by atoms with Gasteiger partial charge in [0, 0.05) is 6.07 Å². The van der Waals surface area contributed by atoms with Crippen LogP contribution < -0.4 is 4.74 Å². The van der Waals surface area contributed by atoms with Crippen LogP contribution in [0.4, 0.5) is 0 Å². The third-order valence-corrected chi connectivity index (χ3v) is 2.19. The number of hydrogen-bond donors (Lipinski definition) is 1. The van der Waals surface area contributed by atoms with E-state index in [9.17, 15) is 9.90 Å². The number of ketones is 1. The van der Waals surface area contributed by atoms with Crippen LogP contribution in [0.2, 0.25) is 0 Å². The molecule has 1 atom stereocenters. The van der Waals surface area contributed by atoms with E-state index in [0.717, 1.165) is 6.61 Å². The molecule has 0 aromatic heterocycles. The first-order valence-corrected chi connectivity index (χ1v) is 4.75. The summed E-state index contributed by atoms with van der Waals surface area (Å²) in [6.45, 7) is 2.63. The van der Waals surface area contributed by atoms with Crippen LogP contribution in [-0.4, -0.2) is 30.2 Å². The molecule has 4 heteroatoms. The number of Topliss-reactive ketones (excluding diaryl/α,β-unsaturated/α-hetero) is 1. The maximum Gasteiger partial charge on any atom is 0.163 e. The van der Waals surface area contributed by atoms with Crippen molar-refractivity contribution in [1.82, 2.24) is 0 Å². The lowest BCUT2D eigenvalue weighted by Gasteiger charge is -2.06. The van der Waals surface area contributed by atoms with Crippen LogP contribution in [0, 0.1) is 0 Å². The predicted molar refractivity (Wildman–Crippen MR) is 53.3 cm³/mol. The normalized spacial score (nSPS) is 18.6. The summed E-state index contributed by atoms with van der Waals surface area (Å²) >= 11 is 0. The Morgan fingerprint density at radius 3 is 2.93 bits per heavy atom. The van der Waals surface area contributed by atoms with Gasteiger partial charge in [0.2, 0.25) is 0 Å². The largest absolute Gasteiger partial charge is 0.507 e. The highest BCUT2D eigenvalue weighted by molar-refractivity contribution is 5.96. The van der Waals surface area contributed by atoms with Crippen molar-refractivity contribution < 1.29 is 19.4 Å². The molecule has 4 nitrogen and oxygen atoms in total. The molecule has 15 heavy (non-hydrogen) atoms. The molecule has 2 rings (SSSR count). The molecule has 1 aliphatic heterocycles. The van der Waals surface area contributed by atoms with Gasteiger partial charge in [-0.3, -0.25) is 4.79 Å². The Balaban J connectivity index is 2.06. The second-order valence-corrected chi connectivity index (χ2v) is 3.50. The topological polar surface area (TPSA) is 59.1 Å². The summed E-state index contributed by atoms with van der Waals surface area (Å²) in [4.78, 5) is 11.0. The Kier molecular flexibility index (Phi) is 2.60. The molecule has 1 aromatic carbocycles. The Hall–Kier alpha value is -1.55. The van der Waals surface area contributed by atoms with Crippen LogP contribution >= 0.6 is 0 Å². The van der Waals surface area contributed by atoms with Gasteiger partial charge in [0.15, 0.2) is 5.78 Å². The zero-order chi connectivity index (χ0) is 10.8. The Morgan fingerprint density at radius 1 is 1.67 bits per heavy atom. The van der Waals surface area contributed by atoms with Gasteiger partial charge in [-0.1, -0.05) is 0 Å². The number of hydrogen-bond acceptors (Lipinski definition) is 4. The molecule has 0 radical (unpaired) electrons. The van der Waals surface area contributed by atoms with Gasteiger partial charge in [-0.25, -0.2) is 0 Å². The van der Waals surface area contributed by atoms with Crippen molar-refractivity contribution in [3.8, 4) is 11.5 Å². The van der Waals surface area contributed by atoms with Crippen molar-refractivity contribution in [3.05, 3.63) is 23.8 Å². The lowest BCUT2D eigenvalue weighted by Crippen LogP contribution is -2.04. The average Bonchev–Trinajstić information content (AvgIpc) is 2.97. The van der Waals surface area contributed by atoms with Gasteiger partial charge in [0.1, 0.15) is 24.2 Å². The van der Waals surface area contributed by atoms with Gasteiger partial charge in [-0.2, -0.15) is 0 Å². The number of carbonyl (C=O) groups excluding carboxylic acids is 1. The first kappa shape index (κ1) is 9.98. The van der Waals surface area contributed by atoms with E-state index < -0.39 is 0 Å². The molecule has 1 aromatic rings. The quantitative estimate of drug-likeness (QED) is 0.599. The number of aromatic hydroxyl groups is 1. The number of phenolic OH excluding ortho intramolecular Hbond substituents is 1. The first-order valence-electron chi connectivity index (χ1n) is 4.75. The molecule has 0 bridgehead atoms. The molecule has 0 amide bonds. The van der Waals surface area contributed by atoms with Crippen LogP contribution in [0.5, 0.6) is 11.5 Å². The molecule has 1 N–H and O–H groups in total. The van der Waals surface area contributed by atoms with E-state index in [-0.39, 0.29) is 17.6 Å². The lowest BCUT2D eigenvalue weighted by molar-refractivity contribution is 0.101. The summed E-state index contributed by atoms with van der Waals surface area (Å²) in [6, 6.07) is 4.67. The minimum Gasteiger partial charge on any atom is -0.507 e. The minimum atomic E-state index is -0.162. The summed E-state index contributed by atoms with van der Waals surface area (Å²) in [5.74, 6) is 0.342. The summed E-state index contributed by atoms with van der Waals surface area (Å²) in [7, 11) is 0. The SMILES string of the molecule is CC(=O)c1ccc(OC[C@@H]2CO2)cc1O. The van der Waals surface area contributed by atoms with Crippen LogP contribution in [0.3, 0.4) is 0 Å². The van der Waals surface area contributed by atoms with Gasteiger partial charge < -0.3 is 14.6 Å². The molecule has 1 saturated heterocycles. The van der Waals surface area contributed by atoms with E-state index in [1.165, 1.54) is 13.0 Å². The molecule has 0 unspecified atom stereocenters. The third-order valence-electron chi connectivity index (χ3n) is 2.19. The predicted octanol–water partition coefficient (Wildman–Crippen LogP) is 1.37. The highest BCUT2D eigenvalue weighted by atomic mass is 16.6. The van der Waals surface area contributed by atoms with Gasteiger partial charge in [-0.15, -0.1) is 0 Å². The van der Waals surface area contributed by atoms with Gasteiger partial charge in [0.25, 0.3) is 0 Å². The Bertz CT molecular complexity index is 382. The molecule has 0 aliphatic carbocycles. The lowest BCUT2D eigenvalue weighted by atomic mass is 10.1. The molecular formula is C11H12O4. The van der Waals surface area contributed by atoms with Crippen LogP contribution in [-0.2, 0) is 4.74 Å². The fraction of sp³-hybridized carbons (Fsp3) is 0.364. The monoisotopic (exact) mass is 208 g/mol. The fourth-order valence-electron chi connectivity index (χ4n) is 1.25. The summed E-state index contributed by atoms with van der Waals surface area (Å²) in [5.41, 5.74) is 0.310. The second-order valence-electron chi connectivity index (χ2n) is 3.50. The maximum absolute atomic E-state index is 11.0. The zero-order valence-electron chi connectivity index (χ0n) is 8.40. The highest BCUT2D eigenvalue weighted by Gasteiger charge is 2.23. The molecular weight excluding hydrogens is 196 g/mol. The number of ether oxygens (including phenoxy) is 2. The van der Waals surface area contributed by atoms with Crippen molar-refractivity contribution in [2.45, 2.75) is 13.0 Å². The van der Waals surface area contributed by atoms with E-state index in [1.807, 2.05) is 0 Å². The Labute approximate surface area is 87.4 Å². The zero-order valence-corrected chi connectivity index (χ0v) is 8.40. The molecule has 1 heterocycles. The Morgan fingerprint density at radius 2 is 2.40 bits per heavy atom. The van der Waals surface area contributed by atoms with Crippen molar-refractivity contribution in [3.63, 3.8) is 0 Å². The number of rotatable bonds is 4. The van der Waals surface area contributed by atoms with Gasteiger partial charge >= 0.3 is 0 Å². The highest BCUT2D eigenvalue weighted by Crippen LogP contribution is 2.24. The van der Waals surface area contributed by atoms with E-state index in [1.54, 1.807) is 12.1 Å². The molecule has 0 saturated carbocycles. The molecule has 0 spiro atoms. The fourth-order valence-corrected chi connectivity index (χ4v) is 1.25. The summed E-state index contributed by atoms with van der Waals surface area (Å²) in [5, 5.41) is 9.51. The minimum absolute atomic E-state index is 0.0447. The summed E-state index contributed by atoms with van der Waals surface area (Å²) < 4.78 is 10.3. The van der Waals surface area contributed by atoms with E-state index in [2.05, 4.69) is 0 Å². The maximum atomic E-state index is 11.0. The number of phenols is 1. The van der Waals surface area contributed by atoms with E-state index in [0.29, 0.717) is 17.9 Å². The molecule has 1 aliphatic rings. The second kappa shape index (κ2) is 3.90. The van der Waals surface area contributed by atoms with Crippen molar-refractivity contribution in [2.24, 2.45) is 0 Å². The average molecular weight is 208 g/mol.